The van der Waals surface area contributed by atoms with E-state index in [4.69, 9.17) is 14.2 Å². The fraction of sp³-hybridized carbons (Fsp3) is 0.409. The Hall–Kier alpha value is -2.87. The second-order valence-electron chi connectivity index (χ2n) is 7.93. The van der Waals surface area contributed by atoms with E-state index in [1.165, 1.54) is 6.07 Å². The van der Waals surface area contributed by atoms with E-state index >= 15 is 0 Å². The number of benzene rings is 1. The minimum absolute atomic E-state index is 0.0152. The Labute approximate surface area is 171 Å². The zero-order valence-electron chi connectivity index (χ0n) is 16.8. The first kappa shape index (κ1) is 19.1. The summed E-state index contributed by atoms with van der Waals surface area (Å²) in [4.78, 5) is 9.29. The van der Waals surface area contributed by atoms with Crippen LogP contribution in [-0.2, 0) is 11.2 Å². The minimum atomic E-state index is -2.54. The maximum Gasteiger partial charge on any atom is 0.263 e. The lowest BCUT2D eigenvalue weighted by Gasteiger charge is -2.30. The molecule has 1 aromatic carbocycles. The van der Waals surface area contributed by atoms with Crippen molar-refractivity contribution in [1.82, 2.24) is 19.7 Å². The largest absolute Gasteiger partial charge is 0.378 e. The number of hydrogen-bond acceptors (Lipinski definition) is 5. The molecule has 6 nitrogen and oxygen atoms in total. The highest BCUT2D eigenvalue weighted by molar-refractivity contribution is 6.02. The van der Waals surface area contributed by atoms with Gasteiger partial charge >= 0.3 is 0 Å². The lowest BCUT2D eigenvalue weighted by Crippen LogP contribution is -2.26. The van der Waals surface area contributed by atoms with E-state index < -0.39 is 6.43 Å². The molecule has 0 spiro atoms. The Morgan fingerprint density at radius 2 is 2.10 bits per heavy atom. The third-order valence-electron chi connectivity index (χ3n) is 5.70. The number of aromatic nitrogens is 4. The molecular formula is C22H22F2N4O2. The number of alkyl halides is 2. The summed E-state index contributed by atoms with van der Waals surface area (Å²) in [5.74, 6) is 1.56. The summed E-state index contributed by atoms with van der Waals surface area (Å²) in [6.07, 6.45) is 1.45. The molecule has 0 N–H and O–H groups in total. The molecule has 4 heterocycles. The lowest BCUT2D eigenvalue weighted by atomic mass is 10.0. The fourth-order valence-corrected chi connectivity index (χ4v) is 4.37. The molecule has 8 heteroatoms. The molecule has 0 unspecified atom stereocenters. The number of nitrogens with zero attached hydrogens (tertiary/aromatic N) is 4. The molecule has 0 saturated carbocycles. The van der Waals surface area contributed by atoms with Gasteiger partial charge in [0.1, 0.15) is 17.1 Å². The highest BCUT2D eigenvalue weighted by Crippen LogP contribution is 2.35. The van der Waals surface area contributed by atoms with Crippen LogP contribution in [0, 0.1) is 6.92 Å². The van der Waals surface area contributed by atoms with Gasteiger partial charge in [-0.2, -0.15) is 0 Å². The number of ether oxygens (including phenoxy) is 1. The van der Waals surface area contributed by atoms with Gasteiger partial charge in [0, 0.05) is 29.7 Å². The van der Waals surface area contributed by atoms with E-state index in [0.717, 1.165) is 35.6 Å². The van der Waals surface area contributed by atoms with Gasteiger partial charge in [-0.3, -0.25) is 4.98 Å². The van der Waals surface area contributed by atoms with E-state index in [0.29, 0.717) is 29.4 Å². The summed E-state index contributed by atoms with van der Waals surface area (Å²) in [6, 6.07) is 6.67. The Morgan fingerprint density at radius 1 is 1.23 bits per heavy atom. The van der Waals surface area contributed by atoms with Gasteiger partial charge in [-0.25, -0.2) is 13.8 Å². The van der Waals surface area contributed by atoms with Gasteiger partial charge in [-0.1, -0.05) is 11.2 Å². The second-order valence-corrected chi connectivity index (χ2v) is 7.93. The first-order valence-electron chi connectivity index (χ1n) is 10.1. The Kier molecular flexibility index (Phi) is 4.73. The molecule has 4 aromatic rings. The van der Waals surface area contributed by atoms with Gasteiger partial charge in [0.2, 0.25) is 0 Å². The zero-order chi connectivity index (χ0) is 20.8. The zero-order valence-corrected chi connectivity index (χ0v) is 16.8. The predicted octanol–water partition coefficient (Wildman–Crippen LogP) is 5.15. The molecule has 3 aromatic heterocycles. The summed E-state index contributed by atoms with van der Waals surface area (Å²) in [7, 11) is 0. The van der Waals surface area contributed by atoms with Crippen LogP contribution in [-0.4, -0.2) is 32.4 Å². The van der Waals surface area contributed by atoms with Crippen molar-refractivity contribution in [1.29, 1.82) is 0 Å². The Balaban J connectivity index is 1.74. The molecule has 1 saturated heterocycles. The SMILES string of the molecule is Cc1cc(Cc2nc3cnc4ccc(C(F)F)cc4c3n2[C@@H]2CCO[C@H](C)C2)no1. The summed E-state index contributed by atoms with van der Waals surface area (Å²) >= 11 is 0. The van der Waals surface area contributed by atoms with Crippen LogP contribution in [0.1, 0.15) is 55.1 Å². The van der Waals surface area contributed by atoms with Crippen LogP contribution in [0.5, 0.6) is 0 Å². The molecule has 0 aliphatic carbocycles. The average molecular weight is 412 g/mol. The number of rotatable bonds is 4. The topological polar surface area (TPSA) is 66.0 Å². The highest BCUT2D eigenvalue weighted by Gasteiger charge is 2.27. The van der Waals surface area contributed by atoms with Crippen LogP contribution in [0.15, 0.2) is 35.0 Å². The van der Waals surface area contributed by atoms with Crippen molar-refractivity contribution in [3.63, 3.8) is 0 Å². The van der Waals surface area contributed by atoms with Crippen LogP contribution in [0.2, 0.25) is 0 Å². The summed E-state index contributed by atoms with van der Waals surface area (Å²) in [6.45, 7) is 4.56. The van der Waals surface area contributed by atoms with Crippen molar-refractivity contribution in [3.8, 4) is 0 Å². The van der Waals surface area contributed by atoms with Crippen molar-refractivity contribution >= 4 is 21.9 Å². The Bertz CT molecular complexity index is 1220. The fourth-order valence-electron chi connectivity index (χ4n) is 4.37. The van der Waals surface area contributed by atoms with Crippen LogP contribution < -0.4 is 0 Å². The number of aryl methyl sites for hydroxylation is 1. The van der Waals surface area contributed by atoms with E-state index in [1.807, 2.05) is 13.0 Å². The Morgan fingerprint density at radius 3 is 2.83 bits per heavy atom. The van der Waals surface area contributed by atoms with E-state index in [2.05, 4.69) is 21.6 Å². The predicted molar refractivity (Wildman–Crippen MR) is 108 cm³/mol. The molecule has 5 rings (SSSR count). The van der Waals surface area contributed by atoms with Gasteiger partial charge in [0.05, 0.1) is 35.4 Å². The number of halogens is 2. The molecule has 156 valence electrons. The molecular weight excluding hydrogens is 390 g/mol. The minimum Gasteiger partial charge on any atom is -0.378 e. The van der Waals surface area contributed by atoms with Crippen molar-refractivity contribution < 1.29 is 18.0 Å². The van der Waals surface area contributed by atoms with Crippen LogP contribution in [0.4, 0.5) is 8.78 Å². The van der Waals surface area contributed by atoms with Crippen molar-refractivity contribution in [3.05, 3.63) is 53.3 Å². The van der Waals surface area contributed by atoms with Gasteiger partial charge in [-0.15, -0.1) is 0 Å². The maximum atomic E-state index is 13.4. The van der Waals surface area contributed by atoms with Crippen LogP contribution in [0.3, 0.4) is 0 Å². The highest BCUT2D eigenvalue weighted by atomic mass is 19.3. The molecule has 30 heavy (non-hydrogen) atoms. The van der Waals surface area contributed by atoms with Crippen molar-refractivity contribution in [2.45, 2.75) is 51.7 Å². The lowest BCUT2D eigenvalue weighted by molar-refractivity contribution is 0.00630. The third-order valence-corrected chi connectivity index (χ3v) is 5.70. The molecule has 1 fully saturated rings. The first-order valence-corrected chi connectivity index (χ1v) is 10.1. The molecule has 2 atom stereocenters. The van der Waals surface area contributed by atoms with Gasteiger partial charge in [0.15, 0.2) is 0 Å². The van der Waals surface area contributed by atoms with E-state index in [1.54, 1.807) is 18.3 Å². The normalized spacial score (nSPS) is 19.9. The number of fused-ring (bicyclic) bond motifs is 3. The summed E-state index contributed by atoms with van der Waals surface area (Å²) in [5, 5.41) is 4.81. The van der Waals surface area contributed by atoms with E-state index in [9.17, 15) is 8.78 Å². The maximum absolute atomic E-state index is 13.4. The molecule has 1 aliphatic heterocycles. The smallest absolute Gasteiger partial charge is 0.263 e. The number of hydrogen-bond donors (Lipinski definition) is 0. The quantitative estimate of drug-likeness (QED) is 0.464. The van der Waals surface area contributed by atoms with E-state index in [-0.39, 0.29) is 17.7 Å². The van der Waals surface area contributed by atoms with Crippen LogP contribution in [0.25, 0.3) is 21.9 Å². The second kappa shape index (κ2) is 7.43. The van der Waals surface area contributed by atoms with Crippen molar-refractivity contribution in [2.24, 2.45) is 0 Å². The summed E-state index contributed by atoms with van der Waals surface area (Å²) in [5.41, 5.74) is 2.99. The average Bonchev–Trinajstić information content (AvgIpc) is 3.30. The molecule has 1 aliphatic rings. The number of imidazole rings is 1. The molecule has 0 radical (unpaired) electrons. The van der Waals surface area contributed by atoms with Gasteiger partial charge in [-0.05, 0) is 38.8 Å². The molecule has 0 amide bonds. The van der Waals surface area contributed by atoms with Gasteiger partial charge < -0.3 is 13.8 Å². The monoisotopic (exact) mass is 412 g/mol. The summed E-state index contributed by atoms with van der Waals surface area (Å²) < 4.78 is 40.0. The van der Waals surface area contributed by atoms with Crippen molar-refractivity contribution in [2.75, 3.05) is 6.61 Å². The third kappa shape index (κ3) is 3.35. The number of pyridine rings is 1. The first-order chi connectivity index (χ1) is 14.5. The molecule has 0 bridgehead atoms. The van der Waals surface area contributed by atoms with Gasteiger partial charge in [0.25, 0.3) is 6.43 Å². The van der Waals surface area contributed by atoms with Crippen LogP contribution >= 0.6 is 0 Å². The standard InChI is InChI=1S/C22H22F2N4O2/c1-12-8-16(5-6-29-12)28-20(10-15-7-13(2)30-27-15)26-19-11-25-18-4-3-14(22(23)24)9-17(18)21(19)28/h3-4,7,9,11-12,16,22H,5-6,8,10H2,1-2H3/t12-,16-/m1/s1.